The second kappa shape index (κ2) is 7.84. The molecule has 1 amide bonds. The first-order chi connectivity index (χ1) is 12.2. The van der Waals surface area contributed by atoms with Gasteiger partial charge in [-0.2, -0.15) is 13.2 Å². The van der Waals surface area contributed by atoms with Crippen molar-refractivity contribution in [2.45, 2.75) is 20.0 Å². The van der Waals surface area contributed by atoms with Gasteiger partial charge >= 0.3 is 12.1 Å². The molecule has 2 rings (SSSR count). The molecule has 1 aliphatic heterocycles. The molecule has 0 spiro atoms. The highest BCUT2D eigenvalue weighted by atomic mass is 19.4. The van der Waals surface area contributed by atoms with Crippen molar-refractivity contribution >= 4 is 11.9 Å². The van der Waals surface area contributed by atoms with Crippen LogP contribution >= 0.6 is 0 Å². The van der Waals surface area contributed by atoms with E-state index in [-0.39, 0.29) is 5.56 Å². The van der Waals surface area contributed by atoms with Crippen LogP contribution in [-0.2, 0) is 4.79 Å². The van der Waals surface area contributed by atoms with E-state index in [2.05, 4.69) is 0 Å². The molecule has 0 aliphatic carbocycles. The van der Waals surface area contributed by atoms with Gasteiger partial charge in [-0.3, -0.25) is 9.59 Å². The average molecular weight is 375 g/mol. The van der Waals surface area contributed by atoms with E-state index in [1.54, 1.807) is 13.8 Å². The maximum Gasteiger partial charge on any atom is 0.394 e. The van der Waals surface area contributed by atoms with Gasteiger partial charge in [0.25, 0.3) is 5.91 Å². The fourth-order valence-corrected chi connectivity index (χ4v) is 2.92. The lowest BCUT2D eigenvalue weighted by Gasteiger charge is -2.19. The third-order valence-corrected chi connectivity index (χ3v) is 4.14. The van der Waals surface area contributed by atoms with Gasteiger partial charge < -0.3 is 19.5 Å². The minimum atomic E-state index is -4.69. The van der Waals surface area contributed by atoms with E-state index in [1.807, 2.05) is 0 Å². The predicted octanol–water partition coefficient (Wildman–Crippen LogP) is 2.82. The van der Waals surface area contributed by atoms with Crippen LogP contribution in [0.2, 0.25) is 0 Å². The molecule has 0 radical (unpaired) electrons. The van der Waals surface area contributed by atoms with E-state index in [4.69, 9.17) is 14.6 Å². The van der Waals surface area contributed by atoms with Gasteiger partial charge in [0.15, 0.2) is 11.5 Å². The monoisotopic (exact) mass is 375 g/mol. The number of aliphatic carboxylic acids is 1. The maximum atomic E-state index is 13.1. The van der Waals surface area contributed by atoms with Gasteiger partial charge in [-0.05, 0) is 32.0 Å². The minimum Gasteiger partial charge on any atom is -0.490 e. The molecule has 0 saturated carbocycles. The number of carboxylic acids is 1. The lowest BCUT2D eigenvalue weighted by atomic mass is 9.96. The molecule has 1 fully saturated rings. The van der Waals surface area contributed by atoms with Gasteiger partial charge in [0.1, 0.15) is 0 Å². The smallest absolute Gasteiger partial charge is 0.394 e. The number of benzene rings is 1. The largest absolute Gasteiger partial charge is 0.490 e. The Labute approximate surface area is 148 Å². The molecule has 9 heteroatoms. The Hall–Kier alpha value is -2.45. The second-order valence-electron chi connectivity index (χ2n) is 5.83. The summed E-state index contributed by atoms with van der Waals surface area (Å²) >= 11 is 0. The van der Waals surface area contributed by atoms with Crippen molar-refractivity contribution in [3.05, 3.63) is 23.8 Å². The van der Waals surface area contributed by atoms with Crippen LogP contribution in [0.4, 0.5) is 13.2 Å². The number of carbonyl (C=O) groups excluding carboxylic acids is 1. The maximum absolute atomic E-state index is 13.1. The van der Waals surface area contributed by atoms with Crippen LogP contribution in [0.1, 0.15) is 24.2 Å². The summed E-state index contributed by atoms with van der Waals surface area (Å²) in [6, 6.07) is 4.33. The fourth-order valence-electron chi connectivity index (χ4n) is 2.92. The van der Waals surface area contributed by atoms with Gasteiger partial charge in [0.05, 0.1) is 25.0 Å². The molecular weight excluding hydrogens is 355 g/mol. The number of halogens is 3. The normalized spacial score (nSPS) is 20.1. The molecule has 1 aromatic rings. The van der Waals surface area contributed by atoms with E-state index in [0.717, 1.165) is 4.90 Å². The zero-order valence-electron chi connectivity index (χ0n) is 14.4. The summed E-state index contributed by atoms with van der Waals surface area (Å²) in [5.74, 6) is -5.27. The molecule has 1 N–H and O–H groups in total. The van der Waals surface area contributed by atoms with Crippen LogP contribution in [-0.4, -0.2) is 54.4 Å². The van der Waals surface area contributed by atoms with Crippen molar-refractivity contribution in [1.82, 2.24) is 4.90 Å². The van der Waals surface area contributed by atoms with Gasteiger partial charge in [-0.15, -0.1) is 0 Å². The summed E-state index contributed by atoms with van der Waals surface area (Å²) in [6.45, 7) is 3.05. The van der Waals surface area contributed by atoms with Gasteiger partial charge in [0, 0.05) is 18.7 Å². The summed E-state index contributed by atoms with van der Waals surface area (Å²) in [5.41, 5.74) is 0.115. The summed E-state index contributed by atoms with van der Waals surface area (Å²) in [5, 5.41) is 9.05. The first kappa shape index (κ1) is 19.9. The highest BCUT2D eigenvalue weighted by Crippen LogP contribution is 2.38. The summed E-state index contributed by atoms with van der Waals surface area (Å²) in [6.07, 6.45) is -4.69. The van der Waals surface area contributed by atoms with Crippen LogP contribution in [0, 0.1) is 11.8 Å². The average Bonchev–Trinajstić information content (AvgIpc) is 3.02. The number of amides is 1. The molecular formula is C17H20F3NO5. The van der Waals surface area contributed by atoms with Crippen molar-refractivity contribution in [3.63, 3.8) is 0 Å². The number of carboxylic acid groups (broad SMARTS) is 1. The third-order valence-electron chi connectivity index (χ3n) is 4.14. The molecule has 2 atom stereocenters. The predicted molar refractivity (Wildman–Crippen MR) is 85.4 cm³/mol. The molecule has 0 aromatic heterocycles. The molecule has 0 unspecified atom stereocenters. The van der Waals surface area contributed by atoms with Crippen molar-refractivity contribution < 1.29 is 37.3 Å². The summed E-state index contributed by atoms with van der Waals surface area (Å²) in [7, 11) is 0. The van der Waals surface area contributed by atoms with Crippen LogP contribution in [0.15, 0.2) is 18.2 Å². The van der Waals surface area contributed by atoms with Crippen molar-refractivity contribution in [2.75, 3.05) is 26.3 Å². The molecule has 1 aliphatic rings. The first-order valence-electron chi connectivity index (χ1n) is 8.17. The quantitative estimate of drug-likeness (QED) is 0.828. The van der Waals surface area contributed by atoms with Crippen molar-refractivity contribution in [1.29, 1.82) is 0 Å². The van der Waals surface area contributed by atoms with E-state index in [0.29, 0.717) is 24.7 Å². The Kier molecular flexibility index (Phi) is 5.99. The molecule has 0 bridgehead atoms. The Morgan fingerprint density at radius 3 is 2.27 bits per heavy atom. The zero-order chi connectivity index (χ0) is 19.5. The number of ether oxygens (including phenoxy) is 2. The number of carbonyl (C=O) groups is 2. The molecule has 6 nitrogen and oxygen atoms in total. The molecule has 26 heavy (non-hydrogen) atoms. The van der Waals surface area contributed by atoms with Crippen LogP contribution in [0.25, 0.3) is 0 Å². The van der Waals surface area contributed by atoms with E-state index in [1.165, 1.54) is 18.2 Å². The zero-order valence-corrected chi connectivity index (χ0v) is 14.4. The molecule has 1 heterocycles. The number of likely N-dealkylation sites (tertiary alicyclic amines) is 1. The van der Waals surface area contributed by atoms with Gasteiger partial charge in [-0.25, -0.2) is 0 Å². The minimum absolute atomic E-state index is 0.115. The Bertz CT molecular complexity index is 677. The van der Waals surface area contributed by atoms with Crippen molar-refractivity contribution in [3.8, 4) is 11.5 Å². The van der Waals surface area contributed by atoms with Crippen LogP contribution < -0.4 is 9.47 Å². The van der Waals surface area contributed by atoms with E-state index < -0.39 is 43.0 Å². The number of alkyl halides is 3. The standard InChI is InChI=1S/C17H20F3NO5/c1-3-25-13-6-5-10(7-14(13)26-4-2)15(22)21-8-11(16(23)24)12(9-21)17(18,19)20/h5-7,11-12H,3-4,8-9H2,1-2H3,(H,23,24)/t11-,12-/m1/s1. The number of hydrogen-bond acceptors (Lipinski definition) is 4. The second-order valence-corrected chi connectivity index (χ2v) is 5.83. The molecule has 1 saturated heterocycles. The SMILES string of the molecule is CCOc1ccc(C(=O)N2C[C@@H](C(F)(F)F)[C@H](C(=O)O)C2)cc1OCC. The lowest BCUT2D eigenvalue weighted by Crippen LogP contribution is -2.34. The van der Waals surface area contributed by atoms with E-state index in [9.17, 15) is 22.8 Å². The number of rotatable bonds is 6. The Morgan fingerprint density at radius 1 is 1.15 bits per heavy atom. The fraction of sp³-hybridized carbons (Fsp3) is 0.529. The Morgan fingerprint density at radius 2 is 1.77 bits per heavy atom. The Balaban J connectivity index is 2.26. The van der Waals surface area contributed by atoms with E-state index >= 15 is 0 Å². The van der Waals surface area contributed by atoms with Crippen LogP contribution in [0.5, 0.6) is 11.5 Å². The molecule has 144 valence electrons. The lowest BCUT2D eigenvalue weighted by molar-refractivity contribution is -0.187. The molecule has 1 aromatic carbocycles. The highest BCUT2D eigenvalue weighted by Gasteiger charge is 2.53. The number of hydrogen-bond donors (Lipinski definition) is 1. The van der Waals surface area contributed by atoms with Crippen molar-refractivity contribution in [2.24, 2.45) is 11.8 Å². The summed E-state index contributed by atoms with van der Waals surface area (Å²) in [4.78, 5) is 24.6. The van der Waals surface area contributed by atoms with Gasteiger partial charge in [0.2, 0.25) is 0 Å². The van der Waals surface area contributed by atoms with Crippen LogP contribution in [0.3, 0.4) is 0 Å². The third kappa shape index (κ3) is 4.20. The summed E-state index contributed by atoms with van der Waals surface area (Å²) < 4.78 is 50.0. The number of nitrogens with zero attached hydrogens (tertiary/aromatic N) is 1. The topological polar surface area (TPSA) is 76.1 Å². The van der Waals surface area contributed by atoms with Gasteiger partial charge in [-0.1, -0.05) is 0 Å². The first-order valence-corrected chi connectivity index (χ1v) is 8.17. The highest BCUT2D eigenvalue weighted by molar-refractivity contribution is 5.95.